The summed E-state index contributed by atoms with van der Waals surface area (Å²) in [6.07, 6.45) is 7.38. The molecule has 1 aliphatic rings. The molecule has 1 aliphatic carbocycles. The number of hydrogen-bond donors (Lipinski definition) is 1. The molecule has 0 unspecified atom stereocenters. The Labute approximate surface area is 115 Å². The fourth-order valence-electron chi connectivity index (χ4n) is 2.03. The lowest BCUT2D eigenvalue weighted by Gasteiger charge is -2.24. The lowest BCUT2D eigenvalue weighted by Crippen LogP contribution is -2.33. The molecule has 0 aromatic carbocycles. The fourth-order valence-corrected chi connectivity index (χ4v) is 2.75. The molecule has 2 aromatic rings. The number of nitrogens with zero attached hydrogens (tertiary/aromatic N) is 3. The van der Waals surface area contributed by atoms with E-state index in [4.69, 9.17) is 0 Å². The first-order chi connectivity index (χ1) is 9.08. The third-order valence-electron chi connectivity index (χ3n) is 3.21. The standard InChI is InChI=1S/C13H16N4OS/c1-13(2,12-15-6-8-19-12)16-10-11(18)17(7-5-14-10)9-3-4-9/h5-9H,3-4H2,1-2H3,(H,14,16). The highest BCUT2D eigenvalue weighted by atomic mass is 32.1. The minimum atomic E-state index is -0.400. The van der Waals surface area contributed by atoms with Crippen LogP contribution in [0.25, 0.3) is 0 Å². The summed E-state index contributed by atoms with van der Waals surface area (Å²) >= 11 is 1.57. The minimum absolute atomic E-state index is 0.0466. The lowest BCUT2D eigenvalue weighted by molar-refractivity contribution is 0.593. The predicted molar refractivity (Wildman–Crippen MR) is 75.5 cm³/mol. The Balaban J connectivity index is 1.91. The Hall–Kier alpha value is -1.69. The Kier molecular flexibility index (Phi) is 2.89. The number of aromatic nitrogens is 3. The van der Waals surface area contributed by atoms with Crippen LogP contribution in [0.4, 0.5) is 5.82 Å². The zero-order valence-corrected chi connectivity index (χ0v) is 11.8. The number of hydrogen-bond acceptors (Lipinski definition) is 5. The van der Waals surface area contributed by atoms with Crippen molar-refractivity contribution in [1.29, 1.82) is 0 Å². The topological polar surface area (TPSA) is 59.8 Å². The van der Waals surface area contributed by atoms with Gasteiger partial charge in [-0.25, -0.2) is 9.97 Å². The monoisotopic (exact) mass is 276 g/mol. The van der Waals surface area contributed by atoms with Crippen LogP contribution in [0.5, 0.6) is 0 Å². The molecule has 0 atom stereocenters. The first-order valence-electron chi connectivity index (χ1n) is 6.33. The van der Waals surface area contributed by atoms with E-state index in [1.165, 1.54) is 0 Å². The van der Waals surface area contributed by atoms with Crippen LogP contribution in [0, 0.1) is 0 Å². The van der Waals surface area contributed by atoms with E-state index >= 15 is 0 Å². The van der Waals surface area contributed by atoms with Crippen LogP contribution >= 0.6 is 11.3 Å². The van der Waals surface area contributed by atoms with E-state index in [-0.39, 0.29) is 5.56 Å². The van der Waals surface area contributed by atoms with E-state index in [9.17, 15) is 4.79 Å². The van der Waals surface area contributed by atoms with Crippen LogP contribution in [0.2, 0.25) is 0 Å². The second-order valence-corrected chi connectivity index (χ2v) is 6.20. The average Bonchev–Trinajstić information content (AvgIpc) is 3.04. The van der Waals surface area contributed by atoms with E-state index in [2.05, 4.69) is 15.3 Å². The van der Waals surface area contributed by atoms with E-state index in [1.54, 1.807) is 34.5 Å². The molecular weight excluding hydrogens is 260 g/mol. The number of anilines is 1. The van der Waals surface area contributed by atoms with Gasteiger partial charge in [-0.2, -0.15) is 0 Å². The van der Waals surface area contributed by atoms with E-state index in [1.807, 2.05) is 19.2 Å². The van der Waals surface area contributed by atoms with Gasteiger partial charge in [0.15, 0.2) is 5.82 Å². The average molecular weight is 276 g/mol. The predicted octanol–water partition coefficient (Wildman–Crippen LogP) is 2.38. The summed E-state index contributed by atoms with van der Waals surface area (Å²) in [6, 6.07) is 0.360. The number of rotatable bonds is 4. The molecule has 1 fully saturated rings. The Bertz CT molecular complexity index is 628. The van der Waals surface area contributed by atoms with Crippen molar-refractivity contribution in [3.63, 3.8) is 0 Å². The zero-order valence-electron chi connectivity index (χ0n) is 11.0. The van der Waals surface area contributed by atoms with Crippen molar-refractivity contribution in [2.75, 3.05) is 5.32 Å². The highest BCUT2D eigenvalue weighted by Gasteiger charge is 2.28. The third kappa shape index (κ3) is 2.40. The van der Waals surface area contributed by atoms with Gasteiger partial charge in [0, 0.05) is 30.0 Å². The summed E-state index contributed by atoms with van der Waals surface area (Å²) < 4.78 is 1.77. The molecule has 0 spiro atoms. The van der Waals surface area contributed by atoms with Gasteiger partial charge in [0.2, 0.25) is 0 Å². The van der Waals surface area contributed by atoms with Crippen LogP contribution in [-0.2, 0) is 5.54 Å². The molecule has 2 aromatic heterocycles. The second kappa shape index (κ2) is 4.45. The van der Waals surface area contributed by atoms with E-state index in [0.717, 1.165) is 17.8 Å². The summed E-state index contributed by atoms with van der Waals surface area (Å²) in [7, 11) is 0. The van der Waals surface area contributed by atoms with Crippen LogP contribution in [0.1, 0.15) is 37.7 Å². The maximum absolute atomic E-state index is 12.3. The number of nitrogens with one attached hydrogen (secondary N) is 1. The quantitative estimate of drug-likeness (QED) is 0.931. The molecule has 5 nitrogen and oxygen atoms in total. The summed E-state index contributed by atoms with van der Waals surface area (Å²) in [4.78, 5) is 20.8. The lowest BCUT2D eigenvalue weighted by atomic mass is 10.1. The maximum atomic E-state index is 12.3. The van der Waals surface area contributed by atoms with Crippen molar-refractivity contribution in [3.8, 4) is 0 Å². The van der Waals surface area contributed by atoms with Gasteiger partial charge >= 0.3 is 0 Å². The highest BCUT2D eigenvalue weighted by Crippen LogP contribution is 2.33. The van der Waals surface area contributed by atoms with Gasteiger partial charge in [-0.1, -0.05) is 0 Å². The van der Waals surface area contributed by atoms with Gasteiger partial charge in [0.1, 0.15) is 5.01 Å². The minimum Gasteiger partial charge on any atom is -0.354 e. The van der Waals surface area contributed by atoms with Crippen LogP contribution in [-0.4, -0.2) is 14.5 Å². The molecule has 1 saturated carbocycles. The Morgan fingerprint density at radius 3 is 2.79 bits per heavy atom. The third-order valence-corrected chi connectivity index (χ3v) is 4.30. The normalized spacial score (nSPS) is 15.5. The van der Waals surface area contributed by atoms with E-state index < -0.39 is 5.54 Å². The molecule has 6 heteroatoms. The first-order valence-corrected chi connectivity index (χ1v) is 7.21. The summed E-state index contributed by atoms with van der Waals surface area (Å²) in [6.45, 7) is 4.00. The highest BCUT2D eigenvalue weighted by molar-refractivity contribution is 7.09. The summed E-state index contributed by atoms with van der Waals surface area (Å²) in [5.41, 5.74) is -0.446. The van der Waals surface area contributed by atoms with Crippen molar-refractivity contribution in [2.45, 2.75) is 38.3 Å². The van der Waals surface area contributed by atoms with Crippen LogP contribution < -0.4 is 10.9 Å². The molecule has 0 bridgehead atoms. The molecule has 0 radical (unpaired) electrons. The fraction of sp³-hybridized carbons (Fsp3) is 0.462. The number of thiazole rings is 1. The molecule has 19 heavy (non-hydrogen) atoms. The van der Waals surface area contributed by atoms with Gasteiger partial charge in [-0.05, 0) is 26.7 Å². The molecule has 0 aliphatic heterocycles. The SMILES string of the molecule is CC(C)(Nc1nccn(C2CC2)c1=O)c1nccs1. The van der Waals surface area contributed by atoms with Gasteiger partial charge in [0.05, 0.1) is 5.54 Å². The molecule has 1 N–H and O–H groups in total. The molecule has 2 heterocycles. The van der Waals surface area contributed by atoms with Crippen LogP contribution in [0.3, 0.4) is 0 Å². The summed E-state index contributed by atoms with van der Waals surface area (Å²) in [5.74, 6) is 0.398. The Morgan fingerprint density at radius 2 is 2.16 bits per heavy atom. The van der Waals surface area contributed by atoms with Crippen molar-refractivity contribution in [3.05, 3.63) is 39.3 Å². The van der Waals surface area contributed by atoms with Gasteiger partial charge < -0.3 is 9.88 Å². The maximum Gasteiger partial charge on any atom is 0.293 e. The molecular formula is C13H16N4OS. The van der Waals surface area contributed by atoms with Gasteiger partial charge in [-0.15, -0.1) is 11.3 Å². The van der Waals surface area contributed by atoms with Crippen molar-refractivity contribution in [2.24, 2.45) is 0 Å². The molecule has 0 amide bonds. The smallest absolute Gasteiger partial charge is 0.293 e. The van der Waals surface area contributed by atoms with Gasteiger partial charge in [-0.3, -0.25) is 4.79 Å². The van der Waals surface area contributed by atoms with Crippen molar-refractivity contribution in [1.82, 2.24) is 14.5 Å². The molecule has 100 valence electrons. The van der Waals surface area contributed by atoms with Gasteiger partial charge in [0.25, 0.3) is 5.56 Å². The molecule has 0 saturated heterocycles. The largest absolute Gasteiger partial charge is 0.354 e. The van der Waals surface area contributed by atoms with Crippen molar-refractivity contribution < 1.29 is 0 Å². The van der Waals surface area contributed by atoms with E-state index in [0.29, 0.717) is 11.9 Å². The Morgan fingerprint density at radius 1 is 1.37 bits per heavy atom. The first kappa shape index (κ1) is 12.3. The molecule has 3 rings (SSSR count). The van der Waals surface area contributed by atoms with Crippen molar-refractivity contribution >= 4 is 17.2 Å². The van der Waals surface area contributed by atoms with Crippen LogP contribution in [0.15, 0.2) is 28.8 Å². The summed E-state index contributed by atoms with van der Waals surface area (Å²) in [5, 5.41) is 6.09. The zero-order chi connectivity index (χ0) is 13.5. The second-order valence-electron chi connectivity index (χ2n) is 5.31.